The van der Waals surface area contributed by atoms with Crippen molar-refractivity contribution in [2.45, 2.75) is 6.04 Å². The Balaban J connectivity index is 2.24. The first-order valence-corrected chi connectivity index (χ1v) is 3.80. The van der Waals surface area contributed by atoms with E-state index in [1.165, 1.54) is 0 Å². The molecular formula is C5H6N2OS. The Labute approximate surface area is 56.9 Å². The van der Waals surface area contributed by atoms with Crippen LogP contribution in [-0.4, -0.2) is 17.8 Å². The summed E-state index contributed by atoms with van der Waals surface area (Å²) in [5.41, 5.74) is 1.03. The monoisotopic (exact) mass is 142 g/mol. The third kappa shape index (κ3) is 0.702. The Hall–Kier alpha value is -0.640. The summed E-state index contributed by atoms with van der Waals surface area (Å²) in [7, 11) is 0. The second-order valence-electron chi connectivity index (χ2n) is 2.06. The smallest absolute Gasteiger partial charge is 0.319 e. The van der Waals surface area contributed by atoms with Crippen molar-refractivity contribution in [2.75, 3.05) is 5.75 Å². The molecule has 1 unspecified atom stereocenters. The van der Waals surface area contributed by atoms with Crippen LogP contribution in [0.1, 0.15) is 0 Å². The van der Waals surface area contributed by atoms with Crippen LogP contribution in [0.25, 0.3) is 0 Å². The van der Waals surface area contributed by atoms with E-state index in [0.29, 0.717) is 0 Å². The Morgan fingerprint density at radius 1 is 1.78 bits per heavy atom. The molecule has 2 N–H and O–H groups in total. The van der Waals surface area contributed by atoms with Gasteiger partial charge in [0.05, 0.1) is 6.04 Å². The minimum atomic E-state index is -0.0634. The maximum Gasteiger partial charge on any atom is 0.319 e. The quantitative estimate of drug-likeness (QED) is 0.509. The molecule has 2 amide bonds. The molecule has 0 saturated carbocycles. The summed E-state index contributed by atoms with van der Waals surface area (Å²) in [5, 5.41) is 7.47. The van der Waals surface area contributed by atoms with Crippen LogP contribution in [0.2, 0.25) is 0 Å². The standard InChI is InChI=1S/C5H6N2OS/c8-5-6-3-1-9-2-4(3)7-5/h1,4H,2H2,(H2,6,7,8). The van der Waals surface area contributed by atoms with E-state index in [2.05, 4.69) is 10.6 Å². The molecule has 2 rings (SSSR count). The summed E-state index contributed by atoms with van der Waals surface area (Å²) in [5.74, 6) is 0.980. The van der Waals surface area contributed by atoms with Crippen LogP contribution >= 0.6 is 11.8 Å². The average molecular weight is 142 g/mol. The van der Waals surface area contributed by atoms with Crippen LogP contribution in [0.5, 0.6) is 0 Å². The van der Waals surface area contributed by atoms with Gasteiger partial charge < -0.3 is 10.6 Å². The van der Waals surface area contributed by atoms with Gasteiger partial charge in [0.15, 0.2) is 0 Å². The molecule has 0 aromatic heterocycles. The number of nitrogens with one attached hydrogen (secondary N) is 2. The van der Waals surface area contributed by atoms with Crippen molar-refractivity contribution in [1.82, 2.24) is 10.6 Å². The van der Waals surface area contributed by atoms with Crippen LogP contribution in [0.4, 0.5) is 4.79 Å². The van der Waals surface area contributed by atoms with Gasteiger partial charge in [0.1, 0.15) is 0 Å². The van der Waals surface area contributed by atoms with Gasteiger partial charge in [0.25, 0.3) is 0 Å². The fourth-order valence-electron chi connectivity index (χ4n) is 0.967. The van der Waals surface area contributed by atoms with Crippen molar-refractivity contribution in [3.05, 3.63) is 11.1 Å². The zero-order valence-corrected chi connectivity index (χ0v) is 5.49. The first-order chi connectivity index (χ1) is 4.36. The molecule has 1 atom stereocenters. The number of fused-ring (bicyclic) bond motifs is 1. The maximum atomic E-state index is 10.6. The van der Waals surface area contributed by atoms with E-state index in [4.69, 9.17) is 0 Å². The van der Waals surface area contributed by atoms with Gasteiger partial charge in [-0.1, -0.05) is 0 Å². The van der Waals surface area contributed by atoms with E-state index in [-0.39, 0.29) is 12.1 Å². The number of amides is 2. The summed E-state index contributed by atoms with van der Waals surface area (Å²) in [6, 6.07) is 0.203. The molecule has 1 fully saturated rings. The van der Waals surface area contributed by atoms with E-state index in [0.717, 1.165) is 11.4 Å². The molecular weight excluding hydrogens is 136 g/mol. The molecule has 3 nitrogen and oxygen atoms in total. The number of thioether (sulfide) groups is 1. The molecule has 4 heteroatoms. The number of carbonyl (C=O) groups is 1. The normalized spacial score (nSPS) is 30.9. The Bertz CT molecular complexity index is 189. The summed E-state index contributed by atoms with van der Waals surface area (Å²) in [6.07, 6.45) is 0. The SMILES string of the molecule is O=C1NC2=CSCC2N1. The molecule has 2 aliphatic heterocycles. The van der Waals surface area contributed by atoms with Crippen LogP contribution < -0.4 is 10.6 Å². The minimum absolute atomic E-state index is 0.0634. The van der Waals surface area contributed by atoms with Crippen molar-refractivity contribution in [3.8, 4) is 0 Å². The van der Waals surface area contributed by atoms with E-state index in [9.17, 15) is 4.79 Å². The van der Waals surface area contributed by atoms with Gasteiger partial charge >= 0.3 is 6.03 Å². The van der Waals surface area contributed by atoms with Crippen molar-refractivity contribution in [1.29, 1.82) is 0 Å². The lowest BCUT2D eigenvalue weighted by Crippen LogP contribution is -2.27. The lowest BCUT2D eigenvalue weighted by molar-refractivity contribution is 0.248. The highest BCUT2D eigenvalue weighted by Crippen LogP contribution is 2.22. The Kier molecular flexibility index (Phi) is 0.958. The maximum absolute atomic E-state index is 10.6. The molecule has 9 heavy (non-hydrogen) atoms. The summed E-state index contributed by atoms with van der Waals surface area (Å²) >= 11 is 1.73. The highest BCUT2D eigenvalue weighted by Gasteiger charge is 2.28. The van der Waals surface area contributed by atoms with Gasteiger partial charge in [0.2, 0.25) is 0 Å². The molecule has 0 aromatic rings. The van der Waals surface area contributed by atoms with Crippen LogP contribution in [0, 0.1) is 0 Å². The van der Waals surface area contributed by atoms with E-state index in [1.54, 1.807) is 11.8 Å². The molecule has 0 aromatic carbocycles. The molecule has 0 bridgehead atoms. The molecule has 0 radical (unpaired) electrons. The molecule has 0 spiro atoms. The van der Waals surface area contributed by atoms with E-state index < -0.39 is 0 Å². The highest BCUT2D eigenvalue weighted by molar-refractivity contribution is 8.02. The van der Waals surface area contributed by atoms with E-state index >= 15 is 0 Å². The zero-order valence-electron chi connectivity index (χ0n) is 4.68. The van der Waals surface area contributed by atoms with Crippen LogP contribution in [0.3, 0.4) is 0 Å². The molecule has 0 aliphatic carbocycles. The van der Waals surface area contributed by atoms with Gasteiger partial charge in [-0.05, 0) is 5.41 Å². The predicted molar refractivity (Wildman–Crippen MR) is 36.0 cm³/mol. The third-order valence-electron chi connectivity index (χ3n) is 1.41. The van der Waals surface area contributed by atoms with Crippen molar-refractivity contribution in [3.63, 3.8) is 0 Å². The summed E-state index contributed by atoms with van der Waals surface area (Å²) in [4.78, 5) is 10.6. The topological polar surface area (TPSA) is 41.1 Å². The van der Waals surface area contributed by atoms with Crippen molar-refractivity contribution in [2.24, 2.45) is 0 Å². The molecule has 48 valence electrons. The number of urea groups is 1. The first kappa shape index (κ1) is 5.17. The molecule has 2 aliphatic rings. The predicted octanol–water partition coefficient (Wildman–Crippen LogP) is 0.256. The fraction of sp³-hybridized carbons (Fsp3) is 0.400. The van der Waals surface area contributed by atoms with E-state index in [1.807, 2.05) is 5.41 Å². The van der Waals surface area contributed by atoms with Crippen LogP contribution in [-0.2, 0) is 0 Å². The number of hydrogen-bond acceptors (Lipinski definition) is 2. The second-order valence-corrected chi connectivity index (χ2v) is 2.96. The van der Waals surface area contributed by atoms with Gasteiger partial charge in [0, 0.05) is 11.4 Å². The lowest BCUT2D eigenvalue weighted by atomic mass is 10.3. The Morgan fingerprint density at radius 2 is 2.67 bits per heavy atom. The summed E-state index contributed by atoms with van der Waals surface area (Å²) in [6.45, 7) is 0. The highest BCUT2D eigenvalue weighted by atomic mass is 32.2. The number of carbonyl (C=O) groups excluding carboxylic acids is 1. The van der Waals surface area contributed by atoms with Gasteiger partial charge in [-0.3, -0.25) is 0 Å². The average Bonchev–Trinajstić information content (AvgIpc) is 2.22. The van der Waals surface area contributed by atoms with Gasteiger partial charge in [-0.25, -0.2) is 4.79 Å². The number of rotatable bonds is 0. The van der Waals surface area contributed by atoms with Crippen molar-refractivity contribution < 1.29 is 4.79 Å². The lowest BCUT2D eigenvalue weighted by Gasteiger charge is -1.98. The molecule has 2 heterocycles. The fourth-order valence-corrected chi connectivity index (χ4v) is 1.92. The second kappa shape index (κ2) is 1.67. The minimum Gasteiger partial charge on any atom is -0.329 e. The van der Waals surface area contributed by atoms with Gasteiger partial charge in [-0.2, -0.15) is 0 Å². The number of hydrogen-bond donors (Lipinski definition) is 2. The van der Waals surface area contributed by atoms with Gasteiger partial charge in [-0.15, -0.1) is 11.8 Å². The van der Waals surface area contributed by atoms with Crippen LogP contribution in [0.15, 0.2) is 11.1 Å². The Morgan fingerprint density at radius 3 is 3.44 bits per heavy atom. The zero-order chi connectivity index (χ0) is 6.27. The molecule has 1 saturated heterocycles. The first-order valence-electron chi connectivity index (χ1n) is 2.75. The largest absolute Gasteiger partial charge is 0.329 e. The summed E-state index contributed by atoms with van der Waals surface area (Å²) < 4.78 is 0. The third-order valence-corrected chi connectivity index (χ3v) is 2.36. The van der Waals surface area contributed by atoms with Crippen molar-refractivity contribution >= 4 is 17.8 Å².